The Labute approximate surface area is 204 Å². The van der Waals surface area contributed by atoms with Crippen molar-refractivity contribution < 1.29 is 31.6 Å². The third-order valence-electron chi connectivity index (χ3n) is 5.70. The quantitative estimate of drug-likeness (QED) is 0.258. The molecule has 1 aliphatic heterocycles. The maximum atomic E-state index is 13.0. The smallest absolute Gasteiger partial charge is 0.289 e. The van der Waals surface area contributed by atoms with Gasteiger partial charge >= 0.3 is 6.18 Å². The molecule has 11 heteroatoms. The van der Waals surface area contributed by atoms with Crippen LogP contribution in [-0.2, 0) is 27.5 Å². The van der Waals surface area contributed by atoms with Gasteiger partial charge in [-0.1, -0.05) is 55.5 Å². The van der Waals surface area contributed by atoms with Gasteiger partial charge in [0.15, 0.2) is 0 Å². The van der Waals surface area contributed by atoms with Crippen molar-refractivity contribution in [3.63, 3.8) is 0 Å². The molecule has 184 valence electrons. The van der Waals surface area contributed by atoms with Gasteiger partial charge in [-0.05, 0) is 41.3 Å². The summed E-state index contributed by atoms with van der Waals surface area (Å²) >= 11 is 1.32. The molecule has 4 rings (SSSR count). The number of sulfonamides is 1. The molecule has 0 spiro atoms. The average Bonchev–Trinajstić information content (AvgIpc) is 3.36. The fraction of sp³-hybridized carbons (Fsp3) is 0.208. The van der Waals surface area contributed by atoms with Gasteiger partial charge < -0.3 is 0 Å². The number of hydroxylamine groups is 1. The number of hydrogen-bond donors (Lipinski definition) is 2. The van der Waals surface area contributed by atoms with Gasteiger partial charge in [-0.15, -0.1) is 11.3 Å². The lowest BCUT2D eigenvalue weighted by Crippen LogP contribution is -2.45. The van der Waals surface area contributed by atoms with E-state index in [0.717, 1.165) is 32.4 Å². The first-order valence-corrected chi connectivity index (χ1v) is 12.8. The number of nitrogens with zero attached hydrogens (tertiary/aromatic N) is 1. The molecule has 1 unspecified atom stereocenters. The lowest BCUT2D eigenvalue weighted by Gasteiger charge is -2.23. The molecule has 0 saturated carbocycles. The zero-order chi connectivity index (χ0) is 25.4. The number of halogens is 3. The van der Waals surface area contributed by atoms with Gasteiger partial charge in [0, 0.05) is 9.75 Å². The van der Waals surface area contributed by atoms with Gasteiger partial charge in [-0.3, -0.25) is 10.0 Å². The van der Waals surface area contributed by atoms with Crippen LogP contribution in [0, 0.1) is 0 Å². The van der Waals surface area contributed by atoms with Crippen LogP contribution in [0.25, 0.3) is 22.6 Å². The number of benzene rings is 2. The molecule has 0 bridgehead atoms. The minimum absolute atomic E-state index is 0.0577. The van der Waals surface area contributed by atoms with E-state index in [1.807, 2.05) is 24.3 Å². The molecule has 6 nitrogen and oxygen atoms in total. The van der Waals surface area contributed by atoms with E-state index in [4.69, 9.17) is 5.21 Å². The van der Waals surface area contributed by atoms with Crippen molar-refractivity contribution in [2.45, 2.75) is 37.0 Å². The number of alkyl halides is 3. The van der Waals surface area contributed by atoms with Gasteiger partial charge in [-0.25, -0.2) is 13.9 Å². The predicted octanol–water partition coefficient (Wildman–Crippen LogP) is 5.39. The zero-order valence-corrected chi connectivity index (χ0v) is 20.0. The average molecular weight is 523 g/mol. The number of amides is 1. The maximum absolute atomic E-state index is 13.0. The highest BCUT2D eigenvalue weighted by Crippen LogP contribution is 2.42. The van der Waals surface area contributed by atoms with Crippen molar-refractivity contribution in [3.05, 3.63) is 76.2 Å². The van der Waals surface area contributed by atoms with E-state index in [-0.39, 0.29) is 17.9 Å². The van der Waals surface area contributed by atoms with E-state index in [1.54, 1.807) is 25.1 Å². The van der Waals surface area contributed by atoms with Gasteiger partial charge in [0.25, 0.3) is 5.91 Å². The Kier molecular flexibility index (Phi) is 6.87. The summed E-state index contributed by atoms with van der Waals surface area (Å²) in [5.74, 6) is -0.772. The molecule has 3 aromatic rings. The summed E-state index contributed by atoms with van der Waals surface area (Å²) in [5, 5.41) is 8.93. The fourth-order valence-electron chi connectivity index (χ4n) is 3.84. The molecule has 2 aromatic carbocycles. The second-order valence-electron chi connectivity index (χ2n) is 7.92. The standard InChI is InChI=1S/C24H21F3N2O4S2/c1-2-19(23(30)28-31)29-14-21-22(35(29,32)33)13-20(34-21)17-9-5-15(6-10-17)3-4-16-7-11-18(12-8-16)24(25,26)27/h3-13,19,31H,2,14H2,1H3,(H,28,30)/b4-3+. The number of thiophene rings is 1. The molecule has 0 saturated heterocycles. The largest absolute Gasteiger partial charge is 0.416 e. The van der Waals surface area contributed by atoms with Gasteiger partial charge in [0.05, 0.1) is 17.0 Å². The van der Waals surface area contributed by atoms with Crippen LogP contribution in [0.2, 0.25) is 0 Å². The van der Waals surface area contributed by atoms with E-state index in [1.165, 1.54) is 28.9 Å². The van der Waals surface area contributed by atoms with Crippen LogP contribution in [0.3, 0.4) is 0 Å². The Morgan fingerprint density at radius 1 is 1.11 bits per heavy atom. The molecule has 2 N–H and O–H groups in total. The number of carbonyl (C=O) groups is 1. The molecule has 35 heavy (non-hydrogen) atoms. The number of rotatable bonds is 6. The first-order valence-electron chi connectivity index (χ1n) is 10.6. The third kappa shape index (κ3) is 5.03. The molecule has 1 amide bonds. The Bertz CT molecular complexity index is 1360. The second-order valence-corrected chi connectivity index (χ2v) is 10.9. The van der Waals surface area contributed by atoms with E-state index in [0.29, 0.717) is 10.4 Å². The SMILES string of the molecule is CCC(C(=O)NO)N1Cc2sc(-c3ccc(/C=C/c4ccc(C(F)(F)F)cc4)cc3)cc2S1(=O)=O. The van der Waals surface area contributed by atoms with Crippen molar-refractivity contribution in [1.29, 1.82) is 0 Å². The second kappa shape index (κ2) is 9.57. The molecular formula is C24H21F3N2O4S2. The molecule has 0 radical (unpaired) electrons. The predicted molar refractivity (Wildman–Crippen MR) is 127 cm³/mol. The third-order valence-corrected chi connectivity index (χ3v) is 8.92. The van der Waals surface area contributed by atoms with Crippen LogP contribution >= 0.6 is 11.3 Å². The van der Waals surface area contributed by atoms with E-state index in [2.05, 4.69) is 0 Å². The Hall–Kier alpha value is -2.99. The van der Waals surface area contributed by atoms with E-state index >= 15 is 0 Å². The van der Waals surface area contributed by atoms with E-state index < -0.39 is 33.7 Å². The van der Waals surface area contributed by atoms with Crippen LogP contribution in [0.4, 0.5) is 13.2 Å². The minimum Gasteiger partial charge on any atom is -0.289 e. The van der Waals surface area contributed by atoms with Gasteiger partial charge in [0.2, 0.25) is 10.0 Å². The van der Waals surface area contributed by atoms with Crippen LogP contribution in [0.1, 0.15) is 34.9 Å². The Morgan fingerprint density at radius 2 is 1.69 bits per heavy atom. The van der Waals surface area contributed by atoms with Crippen molar-refractivity contribution in [2.75, 3.05) is 0 Å². The highest BCUT2D eigenvalue weighted by atomic mass is 32.2. The summed E-state index contributed by atoms with van der Waals surface area (Å²) in [6.45, 7) is 1.73. The van der Waals surface area contributed by atoms with Gasteiger partial charge in [-0.2, -0.15) is 17.5 Å². The lowest BCUT2D eigenvalue weighted by molar-refractivity contribution is -0.137. The maximum Gasteiger partial charge on any atom is 0.416 e. The lowest BCUT2D eigenvalue weighted by atomic mass is 10.1. The molecule has 1 aromatic heterocycles. The molecular weight excluding hydrogens is 501 g/mol. The van der Waals surface area contributed by atoms with Crippen LogP contribution < -0.4 is 5.48 Å². The molecule has 2 heterocycles. The fourth-order valence-corrected chi connectivity index (χ4v) is 7.25. The Morgan fingerprint density at radius 3 is 2.17 bits per heavy atom. The van der Waals surface area contributed by atoms with Crippen LogP contribution in [0.15, 0.2) is 59.5 Å². The van der Waals surface area contributed by atoms with Crippen molar-refractivity contribution >= 4 is 39.4 Å². The first kappa shape index (κ1) is 25.1. The molecule has 1 atom stereocenters. The first-order chi connectivity index (χ1) is 16.5. The van der Waals surface area contributed by atoms with Crippen LogP contribution in [-0.4, -0.2) is 29.9 Å². The monoisotopic (exact) mass is 522 g/mol. The summed E-state index contributed by atoms with van der Waals surface area (Å²) in [6.07, 6.45) is -0.665. The number of hydrogen-bond acceptors (Lipinski definition) is 5. The molecule has 0 aliphatic carbocycles. The topological polar surface area (TPSA) is 86.7 Å². The molecule has 1 aliphatic rings. The molecule has 0 fully saturated rings. The van der Waals surface area contributed by atoms with E-state index in [9.17, 15) is 26.4 Å². The summed E-state index contributed by atoms with van der Waals surface area (Å²) < 4.78 is 65.1. The van der Waals surface area contributed by atoms with Crippen molar-refractivity contribution in [3.8, 4) is 10.4 Å². The van der Waals surface area contributed by atoms with Crippen molar-refractivity contribution in [2.24, 2.45) is 0 Å². The highest BCUT2D eigenvalue weighted by Gasteiger charge is 2.43. The summed E-state index contributed by atoms with van der Waals surface area (Å²) in [5.41, 5.74) is 3.11. The summed E-state index contributed by atoms with van der Waals surface area (Å²) in [7, 11) is -3.87. The van der Waals surface area contributed by atoms with Crippen LogP contribution in [0.5, 0.6) is 0 Å². The minimum atomic E-state index is -4.37. The number of nitrogens with one attached hydrogen (secondary N) is 1. The van der Waals surface area contributed by atoms with Crippen molar-refractivity contribution in [1.82, 2.24) is 9.79 Å². The number of carbonyl (C=O) groups excluding carboxylic acids is 1. The van der Waals surface area contributed by atoms with Gasteiger partial charge in [0.1, 0.15) is 6.04 Å². The number of fused-ring (bicyclic) bond motifs is 1. The Balaban J connectivity index is 1.50. The normalized spacial score (nSPS) is 16.4. The summed E-state index contributed by atoms with van der Waals surface area (Å²) in [6, 6.07) is 12.8. The zero-order valence-electron chi connectivity index (χ0n) is 18.4. The highest BCUT2D eigenvalue weighted by molar-refractivity contribution is 7.89. The summed E-state index contributed by atoms with van der Waals surface area (Å²) in [4.78, 5) is 13.4.